The van der Waals surface area contributed by atoms with Crippen LogP contribution in [0.25, 0.3) is 0 Å². The fraction of sp³-hybridized carbons (Fsp3) is 0.385. The number of nitriles is 1. The Morgan fingerprint density at radius 3 is 2.57 bits per heavy atom. The van der Waals surface area contributed by atoms with Crippen LogP contribution in [0.5, 0.6) is 0 Å². The molecule has 0 bridgehead atoms. The molecule has 1 aromatic rings. The Labute approximate surface area is 123 Å². The molecule has 0 aromatic heterocycles. The predicted molar refractivity (Wildman–Crippen MR) is 76.5 cm³/mol. The average Bonchev–Trinajstić information content (AvgIpc) is 3.23. The van der Waals surface area contributed by atoms with Gasteiger partial charge in [-0.15, -0.1) is 0 Å². The van der Waals surface area contributed by atoms with Crippen molar-refractivity contribution in [3.63, 3.8) is 0 Å². The molecule has 4 N–H and O–H groups in total. The quantitative estimate of drug-likeness (QED) is 0.736. The number of anilines is 1. The van der Waals surface area contributed by atoms with Gasteiger partial charge in [-0.25, -0.2) is 8.42 Å². The van der Waals surface area contributed by atoms with Crippen LogP contribution in [0, 0.1) is 11.3 Å². The molecule has 21 heavy (non-hydrogen) atoms. The molecule has 0 saturated heterocycles. The summed E-state index contributed by atoms with van der Waals surface area (Å²) in [6.45, 7) is 0.139. The minimum absolute atomic E-state index is 0.0195. The average molecular weight is 308 g/mol. The molecule has 0 radical (unpaired) electrons. The predicted octanol–water partition coefficient (Wildman–Crippen LogP) is 0.434. The highest BCUT2D eigenvalue weighted by Gasteiger charge is 2.38. The second-order valence-electron chi connectivity index (χ2n) is 4.87. The number of carbonyl (C=O) groups excluding carboxylic acids is 1. The first-order valence-electron chi connectivity index (χ1n) is 6.46. The van der Waals surface area contributed by atoms with E-state index < -0.39 is 15.9 Å². The van der Waals surface area contributed by atoms with Crippen LogP contribution in [-0.2, 0) is 10.0 Å². The van der Waals surface area contributed by atoms with Crippen molar-refractivity contribution in [3.05, 3.63) is 23.8 Å². The number of nitrogens with two attached hydrogens (primary N) is 2. The first-order chi connectivity index (χ1) is 9.87. The first-order valence-corrected chi connectivity index (χ1v) is 7.90. The molecule has 1 aliphatic rings. The monoisotopic (exact) mass is 308 g/mol. The second-order valence-corrected chi connectivity index (χ2v) is 6.73. The number of primary amides is 1. The zero-order valence-corrected chi connectivity index (χ0v) is 12.1. The summed E-state index contributed by atoms with van der Waals surface area (Å²) in [5.74, 6) is -0.672. The summed E-state index contributed by atoms with van der Waals surface area (Å²) in [7, 11) is -3.78. The van der Waals surface area contributed by atoms with Crippen LogP contribution in [0.1, 0.15) is 29.6 Å². The van der Waals surface area contributed by atoms with Crippen LogP contribution < -0.4 is 11.5 Å². The molecule has 2 rings (SSSR count). The number of rotatable bonds is 6. The summed E-state index contributed by atoms with van der Waals surface area (Å²) in [5, 5.41) is 8.66. The summed E-state index contributed by atoms with van der Waals surface area (Å²) in [4.78, 5) is 11.0. The molecule has 7 nitrogen and oxygen atoms in total. The van der Waals surface area contributed by atoms with Gasteiger partial charge in [0.05, 0.1) is 11.8 Å². The van der Waals surface area contributed by atoms with Gasteiger partial charge in [0.1, 0.15) is 4.90 Å². The van der Waals surface area contributed by atoms with Gasteiger partial charge < -0.3 is 11.5 Å². The highest BCUT2D eigenvalue weighted by molar-refractivity contribution is 7.89. The van der Waals surface area contributed by atoms with E-state index in [1.54, 1.807) is 0 Å². The molecule has 1 saturated carbocycles. The number of hydrogen-bond donors (Lipinski definition) is 2. The number of sulfonamides is 1. The van der Waals surface area contributed by atoms with Crippen molar-refractivity contribution in [2.24, 2.45) is 5.73 Å². The van der Waals surface area contributed by atoms with Crippen molar-refractivity contribution in [1.82, 2.24) is 4.31 Å². The molecule has 0 heterocycles. The van der Waals surface area contributed by atoms with Gasteiger partial charge in [0, 0.05) is 24.6 Å². The molecule has 1 amide bonds. The van der Waals surface area contributed by atoms with E-state index in [0.717, 1.165) is 12.8 Å². The Kier molecular flexibility index (Phi) is 4.16. The van der Waals surface area contributed by atoms with E-state index in [0.29, 0.717) is 0 Å². The lowest BCUT2D eigenvalue weighted by molar-refractivity contribution is 0.1000. The summed E-state index contributed by atoms with van der Waals surface area (Å²) in [6.07, 6.45) is 1.68. The van der Waals surface area contributed by atoms with E-state index in [4.69, 9.17) is 16.7 Å². The minimum Gasteiger partial charge on any atom is -0.398 e. The number of nitrogens with zero attached hydrogens (tertiary/aromatic N) is 2. The van der Waals surface area contributed by atoms with E-state index in [1.807, 2.05) is 6.07 Å². The van der Waals surface area contributed by atoms with E-state index >= 15 is 0 Å². The van der Waals surface area contributed by atoms with Crippen LogP contribution in [0.4, 0.5) is 5.69 Å². The van der Waals surface area contributed by atoms with Crippen molar-refractivity contribution in [2.45, 2.75) is 30.2 Å². The molecule has 0 atom stereocenters. The first kappa shape index (κ1) is 15.3. The topological polar surface area (TPSA) is 130 Å². The zero-order valence-electron chi connectivity index (χ0n) is 11.3. The van der Waals surface area contributed by atoms with Gasteiger partial charge in [-0.1, -0.05) is 0 Å². The highest BCUT2D eigenvalue weighted by atomic mass is 32.2. The number of hydrogen-bond acceptors (Lipinski definition) is 5. The van der Waals surface area contributed by atoms with Gasteiger partial charge in [-0.2, -0.15) is 9.57 Å². The standard InChI is InChI=1S/C13H16N4O3S/c14-6-1-7-17(10-3-4-10)21(19,20)12-5-2-9(13(16)18)8-11(12)15/h2,5,8,10H,1,3-4,7,15H2,(H2,16,18). The largest absolute Gasteiger partial charge is 0.398 e. The molecule has 1 aromatic carbocycles. The summed E-state index contributed by atoms with van der Waals surface area (Å²) < 4.78 is 26.6. The molecule has 112 valence electrons. The maximum Gasteiger partial charge on any atom is 0.248 e. The molecule has 8 heteroatoms. The number of benzene rings is 1. The fourth-order valence-corrected chi connectivity index (χ4v) is 3.87. The van der Waals surface area contributed by atoms with E-state index in [1.165, 1.54) is 22.5 Å². The Morgan fingerprint density at radius 1 is 1.43 bits per heavy atom. The van der Waals surface area contributed by atoms with Crippen molar-refractivity contribution >= 4 is 21.6 Å². The van der Waals surface area contributed by atoms with Crippen molar-refractivity contribution < 1.29 is 13.2 Å². The number of nitrogen functional groups attached to an aromatic ring is 1. The lowest BCUT2D eigenvalue weighted by Crippen LogP contribution is -2.34. The lowest BCUT2D eigenvalue weighted by atomic mass is 10.2. The zero-order chi connectivity index (χ0) is 15.6. The van der Waals surface area contributed by atoms with Gasteiger partial charge in [0.2, 0.25) is 15.9 Å². The van der Waals surface area contributed by atoms with Gasteiger partial charge in [-0.05, 0) is 31.0 Å². The molecule has 1 fully saturated rings. The van der Waals surface area contributed by atoms with Crippen molar-refractivity contribution in [2.75, 3.05) is 12.3 Å². The van der Waals surface area contributed by atoms with Crippen LogP contribution in [0.15, 0.2) is 23.1 Å². The molecule has 0 aliphatic heterocycles. The molecular weight excluding hydrogens is 292 g/mol. The van der Waals surface area contributed by atoms with Crippen LogP contribution in [0.3, 0.4) is 0 Å². The Morgan fingerprint density at radius 2 is 2.10 bits per heavy atom. The highest BCUT2D eigenvalue weighted by Crippen LogP contribution is 2.33. The Bertz CT molecular complexity index is 705. The lowest BCUT2D eigenvalue weighted by Gasteiger charge is -2.21. The third-order valence-electron chi connectivity index (χ3n) is 3.28. The third kappa shape index (κ3) is 3.15. The number of amides is 1. The Balaban J connectivity index is 2.38. The summed E-state index contributed by atoms with van der Waals surface area (Å²) >= 11 is 0. The van der Waals surface area contributed by atoms with Crippen LogP contribution in [0.2, 0.25) is 0 Å². The summed E-state index contributed by atoms with van der Waals surface area (Å²) in [6, 6.07) is 5.75. The second kappa shape index (κ2) is 5.71. The van der Waals surface area contributed by atoms with Gasteiger partial charge in [0.25, 0.3) is 0 Å². The maximum absolute atomic E-state index is 12.6. The van der Waals surface area contributed by atoms with Gasteiger partial charge in [0.15, 0.2) is 0 Å². The van der Waals surface area contributed by atoms with Crippen molar-refractivity contribution in [3.8, 4) is 6.07 Å². The molecule has 1 aliphatic carbocycles. The third-order valence-corrected chi connectivity index (χ3v) is 5.30. The smallest absolute Gasteiger partial charge is 0.248 e. The maximum atomic E-state index is 12.6. The van der Waals surface area contributed by atoms with E-state index in [2.05, 4.69) is 0 Å². The normalized spacial score (nSPS) is 14.9. The van der Waals surface area contributed by atoms with Gasteiger partial charge >= 0.3 is 0 Å². The molecule has 0 spiro atoms. The molecular formula is C13H16N4O3S. The van der Waals surface area contributed by atoms with Crippen LogP contribution in [-0.4, -0.2) is 31.2 Å². The van der Waals surface area contributed by atoms with Crippen molar-refractivity contribution in [1.29, 1.82) is 5.26 Å². The Hall–Kier alpha value is -2.11. The fourth-order valence-electron chi connectivity index (χ4n) is 2.08. The number of carbonyl (C=O) groups is 1. The molecule has 0 unspecified atom stereocenters. The van der Waals surface area contributed by atoms with Gasteiger partial charge in [-0.3, -0.25) is 4.79 Å². The SMILES string of the molecule is N#CCCN(C1CC1)S(=O)(=O)c1ccc(C(N)=O)cc1N. The minimum atomic E-state index is -3.78. The van der Waals surface area contributed by atoms with Crippen LogP contribution >= 0.6 is 0 Å². The summed E-state index contributed by atoms with van der Waals surface area (Å²) in [5.41, 5.74) is 11.0. The van der Waals surface area contributed by atoms with E-state index in [9.17, 15) is 13.2 Å². The van der Waals surface area contributed by atoms with E-state index in [-0.39, 0.29) is 35.2 Å².